The second-order valence-corrected chi connectivity index (χ2v) is 7.70. The molecular weight excluding hydrogens is 420 g/mol. The van der Waals surface area contributed by atoms with E-state index in [4.69, 9.17) is 18.9 Å². The van der Waals surface area contributed by atoms with Crippen LogP contribution in [0.5, 0.6) is 0 Å². The van der Waals surface area contributed by atoms with Gasteiger partial charge in [0.2, 0.25) is 0 Å². The average Bonchev–Trinajstić information content (AvgIpc) is 3.37. The van der Waals surface area contributed by atoms with Gasteiger partial charge in [-0.2, -0.15) is 0 Å². The van der Waals surface area contributed by atoms with Crippen molar-refractivity contribution in [2.24, 2.45) is 0 Å². The molecule has 2 saturated heterocycles. The molecule has 0 amide bonds. The topological polar surface area (TPSA) is 112 Å². The van der Waals surface area contributed by atoms with Gasteiger partial charge in [-0.3, -0.25) is 29.0 Å². The molecule has 2 heterocycles. The second-order valence-electron chi connectivity index (χ2n) is 7.70. The molecule has 182 valence electrons. The lowest BCUT2D eigenvalue weighted by molar-refractivity contribution is -0.157. The van der Waals surface area contributed by atoms with Gasteiger partial charge >= 0.3 is 23.9 Å². The highest BCUT2D eigenvalue weighted by Crippen LogP contribution is 2.29. The molecule has 0 bridgehead atoms. The Hall–Kier alpha value is -2.20. The minimum Gasteiger partial charge on any atom is -0.465 e. The first-order valence-corrected chi connectivity index (χ1v) is 11.6. The summed E-state index contributed by atoms with van der Waals surface area (Å²) in [5, 5.41) is 0. The molecule has 2 aliphatic heterocycles. The largest absolute Gasteiger partial charge is 0.465 e. The zero-order chi connectivity index (χ0) is 23.7. The Kier molecular flexibility index (Phi) is 10.4. The minimum atomic E-state index is -0.575. The van der Waals surface area contributed by atoms with Crippen molar-refractivity contribution >= 4 is 23.9 Å². The van der Waals surface area contributed by atoms with Crippen molar-refractivity contribution in [2.75, 3.05) is 39.5 Å². The summed E-state index contributed by atoms with van der Waals surface area (Å²) in [6.07, 6.45) is 1.91. The van der Waals surface area contributed by atoms with Gasteiger partial charge in [-0.1, -0.05) is 0 Å². The summed E-state index contributed by atoms with van der Waals surface area (Å²) < 4.78 is 20.8. The quantitative estimate of drug-likeness (QED) is 0.328. The van der Waals surface area contributed by atoms with E-state index < -0.39 is 24.2 Å². The Labute approximate surface area is 189 Å². The number of esters is 4. The van der Waals surface area contributed by atoms with Crippen molar-refractivity contribution in [3.8, 4) is 0 Å². The summed E-state index contributed by atoms with van der Waals surface area (Å²) in [4.78, 5) is 53.6. The molecule has 2 fully saturated rings. The van der Waals surface area contributed by atoms with Crippen LogP contribution in [-0.4, -0.2) is 97.4 Å². The van der Waals surface area contributed by atoms with Crippen LogP contribution < -0.4 is 0 Å². The lowest BCUT2D eigenvalue weighted by Gasteiger charge is -2.33. The first-order valence-electron chi connectivity index (χ1n) is 11.6. The molecule has 0 aromatic heterocycles. The van der Waals surface area contributed by atoms with Crippen LogP contribution in [0.3, 0.4) is 0 Å². The lowest BCUT2D eigenvalue weighted by atomic mass is 10.2. The van der Waals surface area contributed by atoms with E-state index in [0.29, 0.717) is 38.8 Å². The third-order valence-electron chi connectivity index (χ3n) is 5.88. The molecular formula is C22H36N2O8. The zero-order valence-electron chi connectivity index (χ0n) is 19.5. The molecule has 4 atom stereocenters. The molecule has 10 heteroatoms. The average molecular weight is 457 g/mol. The van der Waals surface area contributed by atoms with Crippen molar-refractivity contribution in [3.63, 3.8) is 0 Å². The maximum absolute atomic E-state index is 12.5. The number of carbonyl (C=O) groups excluding carboxylic acids is 4. The molecule has 0 aromatic carbocycles. The molecule has 0 N–H and O–H groups in total. The SMILES string of the molecule is CCOC(=O)[C@H]1CC[C@H](C(=O)OCC)N1CCN1[C@@H](C(=O)OCC)CC[C@@H]1C(=O)OCC. The van der Waals surface area contributed by atoms with E-state index in [1.165, 1.54) is 0 Å². The molecule has 32 heavy (non-hydrogen) atoms. The smallest absolute Gasteiger partial charge is 0.323 e. The highest BCUT2D eigenvalue weighted by molar-refractivity contribution is 5.82. The van der Waals surface area contributed by atoms with Crippen molar-refractivity contribution in [1.29, 1.82) is 0 Å². The van der Waals surface area contributed by atoms with Crippen molar-refractivity contribution in [3.05, 3.63) is 0 Å². The highest BCUT2D eigenvalue weighted by atomic mass is 16.5. The molecule has 0 aliphatic carbocycles. The Morgan fingerprint density at radius 1 is 0.531 bits per heavy atom. The third kappa shape index (κ3) is 6.19. The maximum Gasteiger partial charge on any atom is 0.323 e. The number of rotatable bonds is 11. The number of carbonyl (C=O) groups is 4. The Morgan fingerprint density at radius 3 is 0.938 bits per heavy atom. The summed E-state index contributed by atoms with van der Waals surface area (Å²) >= 11 is 0. The van der Waals surface area contributed by atoms with Crippen molar-refractivity contribution < 1.29 is 38.1 Å². The number of ether oxygens (including phenoxy) is 4. The van der Waals surface area contributed by atoms with E-state index in [9.17, 15) is 19.2 Å². The van der Waals surface area contributed by atoms with E-state index in [1.807, 2.05) is 0 Å². The standard InChI is InChI=1S/C22H36N2O8/c1-5-29-19(25)15-9-10-16(20(26)30-6-2)23(15)13-14-24-17(21(27)31-7-3)11-12-18(24)22(28)32-8-4/h15-18H,5-14H2,1-4H3/t15-,16-,17-,18-/m1/s1. The van der Waals surface area contributed by atoms with Crippen LogP contribution in [0.25, 0.3) is 0 Å². The summed E-state index contributed by atoms with van der Waals surface area (Å²) in [7, 11) is 0. The van der Waals surface area contributed by atoms with Crippen molar-refractivity contribution in [1.82, 2.24) is 9.80 Å². The van der Waals surface area contributed by atoms with Crippen LogP contribution in [0.1, 0.15) is 53.4 Å². The number of hydrogen-bond donors (Lipinski definition) is 0. The van der Waals surface area contributed by atoms with E-state index in [0.717, 1.165) is 0 Å². The zero-order valence-corrected chi connectivity index (χ0v) is 19.5. The van der Waals surface area contributed by atoms with E-state index >= 15 is 0 Å². The van der Waals surface area contributed by atoms with Gasteiger partial charge in [0.15, 0.2) is 0 Å². The molecule has 10 nitrogen and oxygen atoms in total. The van der Waals surface area contributed by atoms with Crippen LogP contribution >= 0.6 is 0 Å². The van der Waals surface area contributed by atoms with Gasteiger partial charge in [-0.15, -0.1) is 0 Å². The Morgan fingerprint density at radius 2 is 0.750 bits per heavy atom. The van der Waals surface area contributed by atoms with Gasteiger partial charge in [0.1, 0.15) is 24.2 Å². The number of likely N-dealkylation sites (tertiary alicyclic amines) is 2. The monoisotopic (exact) mass is 456 g/mol. The molecule has 2 aliphatic rings. The maximum atomic E-state index is 12.5. The minimum absolute atomic E-state index is 0.245. The Bertz CT molecular complexity index is 562. The van der Waals surface area contributed by atoms with Gasteiger partial charge in [0, 0.05) is 13.1 Å². The van der Waals surface area contributed by atoms with E-state index in [-0.39, 0.29) is 50.3 Å². The highest BCUT2D eigenvalue weighted by Gasteiger charge is 2.46. The molecule has 2 rings (SSSR count). The molecule has 0 unspecified atom stereocenters. The number of nitrogens with zero attached hydrogens (tertiary/aromatic N) is 2. The molecule has 0 saturated carbocycles. The molecule has 0 spiro atoms. The predicted octanol–water partition coefficient (Wildman–Crippen LogP) is 0.905. The van der Waals surface area contributed by atoms with Crippen molar-refractivity contribution in [2.45, 2.75) is 77.5 Å². The predicted molar refractivity (Wildman–Crippen MR) is 114 cm³/mol. The van der Waals surface area contributed by atoms with Crippen LogP contribution in [0, 0.1) is 0 Å². The van der Waals surface area contributed by atoms with Gasteiger partial charge in [-0.25, -0.2) is 0 Å². The third-order valence-corrected chi connectivity index (χ3v) is 5.88. The van der Waals surface area contributed by atoms with Crippen LogP contribution in [0.15, 0.2) is 0 Å². The van der Waals surface area contributed by atoms with Gasteiger partial charge < -0.3 is 18.9 Å². The van der Waals surface area contributed by atoms with Gasteiger partial charge in [0.05, 0.1) is 26.4 Å². The van der Waals surface area contributed by atoms with E-state index in [1.54, 1.807) is 37.5 Å². The molecule has 0 aromatic rings. The number of hydrogen-bond acceptors (Lipinski definition) is 10. The first-order chi connectivity index (χ1) is 15.4. The molecule has 0 radical (unpaired) electrons. The lowest BCUT2D eigenvalue weighted by Crippen LogP contribution is -2.52. The van der Waals surface area contributed by atoms with Crippen LogP contribution in [-0.2, 0) is 38.1 Å². The summed E-state index contributed by atoms with van der Waals surface area (Å²) in [6, 6.07) is -2.30. The summed E-state index contributed by atoms with van der Waals surface area (Å²) in [6.45, 7) is 8.50. The van der Waals surface area contributed by atoms with Crippen LogP contribution in [0.2, 0.25) is 0 Å². The van der Waals surface area contributed by atoms with Gasteiger partial charge in [-0.05, 0) is 53.4 Å². The summed E-state index contributed by atoms with van der Waals surface area (Å²) in [5.41, 5.74) is 0. The normalized spacial score (nSPS) is 26.0. The fourth-order valence-corrected chi connectivity index (χ4v) is 4.55. The fraction of sp³-hybridized carbons (Fsp3) is 0.818. The van der Waals surface area contributed by atoms with Gasteiger partial charge in [0.25, 0.3) is 0 Å². The van der Waals surface area contributed by atoms with E-state index in [2.05, 4.69) is 0 Å². The second kappa shape index (κ2) is 12.7. The summed E-state index contributed by atoms with van der Waals surface area (Å²) in [5.74, 6) is -1.54. The van der Waals surface area contributed by atoms with Crippen LogP contribution in [0.4, 0.5) is 0 Å². The Balaban J connectivity index is 2.21. The first kappa shape index (κ1) is 26.1. The fourth-order valence-electron chi connectivity index (χ4n) is 4.55.